The molecular weight excluding hydrogens is 230 g/mol. The molecule has 0 spiro atoms. The van der Waals surface area contributed by atoms with Crippen LogP contribution in [-0.2, 0) is 10.1 Å². The van der Waals surface area contributed by atoms with Gasteiger partial charge in [0.05, 0.1) is 9.92 Å². The van der Waals surface area contributed by atoms with Crippen molar-refractivity contribution in [1.29, 1.82) is 0 Å². The molecule has 0 atom stereocenters. The van der Waals surface area contributed by atoms with E-state index in [4.69, 9.17) is 11.6 Å². The fourth-order valence-corrected chi connectivity index (χ4v) is 1.66. The number of rotatable bonds is 1. The average Bonchev–Trinajstić information content (AvgIpc) is 1.83. The Labute approximate surface area is 102 Å². The van der Waals surface area contributed by atoms with E-state index in [2.05, 4.69) is 0 Å². The summed E-state index contributed by atoms with van der Waals surface area (Å²) in [5, 5.41) is -0.398. The van der Waals surface area contributed by atoms with E-state index < -0.39 is 25.9 Å². The Morgan fingerprint density at radius 2 is 1.92 bits per heavy atom. The second-order valence-electron chi connectivity index (χ2n) is 2.03. The molecule has 0 radical (unpaired) electrons. The first kappa shape index (κ1) is 13.4. The van der Waals surface area contributed by atoms with Crippen molar-refractivity contribution in [2.24, 2.45) is 0 Å². The van der Waals surface area contributed by atoms with Gasteiger partial charge >= 0.3 is 29.6 Å². The number of hydrogen-bond donors (Lipinski definition) is 0. The van der Waals surface area contributed by atoms with E-state index in [-0.39, 0.29) is 29.6 Å². The number of halogens is 2. The summed E-state index contributed by atoms with van der Waals surface area (Å²) < 4.78 is 43.6. The predicted molar refractivity (Wildman–Crippen MR) is 39.4 cm³/mol. The molecule has 1 aromatic rings. The van der Waals surface area contributed by atoms with E-state index >= 15 is 0 Å². The number of hydrogen-bond acceptors (Lipinski definition) is 3. The Morgan fingerprint density at radius 3 is 2.31 bits per heavy atom. The van der Waals surface area contributed by atoms with Crippen molar-refractivity contribution in [3.8, 4) is 0 Å². The largest absolute Gasteiger partial charge is 1.00 e. The third kappa shape index (κ3) is 3.53. The minimum absolute atomic E-state index is 0. The van der Waals surface area contributed by atoms with E-state index in [9.17, 15) is 17.4 Å². The first-order chi connectivity index (χ1) is 5.41. The van der Waals surface area contributed by atoms with Crippen molar-refractivity contribution in [1.82, 2.24) is 0 Å². The molecule has 7 heteroatoms. The van der Waals surface area contributed by atoms with Gasteiger partial charge in [-0.3, -0.25) is 0 Å². The third-order valence-electron chi connectivity index (χ3n) is 1.16. The van der Waals surface area contributed by atoms with Crippen LogP contribution in [0.2, 0.25) is 5.02 Å². The van der Waals surface area contributed by atoms with Gasteiger partial charge in [-0.15, -0.1) is 0 Å². The SMILES string of the molecule is O=S(=O)([O-])c1ccc(F)cc1Cl.[Na+]. The Hall–Kier alpha value is 0.350. The molecule has 0 aliphatic carbocycles. The summed E-state index contributed by atoms with van der Waals surface area (Å²) in [5.41, 5.74) is 0. The summed E-state index contributed by atoms with van der Waals surface area (Å²) >= 11 is 5.29. The van der Waals surface area contributed by atoms with Crippen LogP contribution in [0.3, 0.4) is 0 Å². The summed E-state index contributed by atoms with van der Waals surface area (Å²) in [7, 11) is -4.60. The summed E-state index contributed by atoms with van der Waals surface area (Å²) in [4.78, 5) is -0.606. The Bertz CT molecular complexity index is 406. The summed E-state index contributed by atoms with van der Waals surface area (Å²) in [5.74, 6) is -0.688. The van der Waals surface area contributed by atoms with Crippen LogP contribution >= 0.6 is 11.6 Å². The van der Waals surface area contributed by atoms with Crippen molar-refractivity contribution >= 4 is 21.7 Å². The standard InChI is InChI=1S/C6H4ClFO3S.Na/c7-5-3-4(8)1-2-6(5)12(9,10)11;/h1-3H,(H,9,10,11);/q;+1/p-1. The fourth-order valence-electron chi connectivity index (χ4n) is 0.678. The van der Waals surface area contributed by atoms with Crippen LogP contribution in [0.4, 0.5) is 4.39 Å². The monoisotopic (exact) mass is 232 g/mol. The molecule has 0 amide bonds. The summed E-state index contributed by atoms with van der Waals surface area (Å²) in [6.45, 7) is 0. The quantitative estimate of drug-likeness (QED) is 0.432. The van der Waals surface area contributed by atoms with Crippen molar-refractivity contribution in [3.63, 3.8) is 0 Å². The van der Waals surface area contributed by atoms with E-state index in [1.54, 1.807) is 0 Å². The van der Waals surface area contributed by atoms with Crippen molar-refractivity contribution < 1.29 is 46.9 Å². The normalized spacial score (nSPS) is 10.7. The maximum absolute atomic E-state index is 12.4. The van der Waals surface area contributed by atoms with Crippen molar-refractivity contribution in [2.75, 3.05) is 0 Å². The molecule has 0 unspecified atom stereocenters. The topological polar surface area (TPSA) is 57.2 Å². The minimum Gasteiger partial charge on any atom is -0.744 e. The van der Waals surface area contributed by atoms with Gasteiger partial charge in [0.25, 0.3) is 0 Å². The average molecular weight is 233 g/mol. The molecule has 1 rings (SSSR count). The Balaban J connectivity index is 0.00000144. The van der Waals surface area contributed by atoms with E-state index in [0.29, 0.717) is 0 Å². The van der Waals surface area contributed by atoms with Crippen LogP contribution in [0, 0.1) is 5.82 Å². The van der Waals surface area contributed by atoms with Gasteiger partial charge in [-0.05, 0) is 18.2 Å². The molecule has 3 nitrogen and oxygen atoms in total. The van der Waals surface area contributed by atoms with Gasteiger partial charge in [-0.1, -0.05) is 11.6 Å². The van der Waals surface area contributed by atoms with Crippen LogP contribution in [0.5, 0.6) is 0 Å². The first-order valence-electron chi connectivity index (χ1n) is 2.82. The third-order valence-corrected chi connectivity index (χ3v) is 2.48. The molecule has 0 saturated heterocycles. The van der Waals surface area contributed by atoms with Crippen molar-refractivity contribution in [2.45, 2.75) is 4.90 Å². The summed E-state index contributed by atoms with van der Waals surface area (Å²) in [6, 6.07) is 2.46. The molecule has 0 saturated carbocycles. The second-order valence-corrected chi connectivity index (χ2v) is 3.78. The van der Waals surface area contributed by atoms with Gasteiger partial charge in [0.1, 0.15) is 15.9 Å². The molecule has 0 heterocycles. The fraction of sp³-hybridized carbons (Fsp3) is 0. The van der Waals surface area contributed by atoms with Gasteiger partial charge < -0.3 is 4.55 Å². The first-order valence-corrected chi connectivity index (χ1v) is 4.61. The van der Waals surface area contributed by atoms with E-state index in [1.807, 2.05) is 0 Å². The maximum Gasteiger partial charge on any atom is 1.00 e. The molecule has 0 fully saturated rings. The van der Waals surface area contributed by atoms with Gasteiger partial charge in [0.15, 0.2) is 0 Å². The van der Waals surface area contributed by atoms with Crippen LogP contribution in [0.1, 0.15) is 0 Å². The second kappa shape index (κ2) is 4.72. The molecule has 0 aromatic heterocycles. The molecular formula is C6H3ClFNaO3S. The molecule has 1 aromatic carbocycles. The van der Waals surface area contributed by atoms with E-state index in [1.165, 1.54) is 0 Å². The van der Waals surface area contributed by atoms with Crippen LogP contribution in [-0.4, -0.2) is 13.0 Å². The molecule has 0 aliphatic rings. The maximum atomic E-state index is 12.4. The van der Waals surface area contributed by atoms with Crippen LogP contribution in [0.25, 0.3) is 0 Å². The molecule has 66 valence electrons. The van der Waals surface area contributed by atoms with Gasteiger partial charge in [-0.25, -0.2) is 12.8 Å². The molecule has 0 aliphatic heterocycles. The minimum atomic E-state index is -4.60. The Kier molecular flexibility index (Phi) is 4.85. The summed E-state index contributed by atoms with van der Waals surface area (Å²) in [6.07, 6.45) is 0. The van der Waals surface area contributed by atoms with Gasteiger partial charge in [0, 0.05) is 0 Å². The van der Waals surface area contributed by atoms with E-state index in [0.717, 1.165) is 18.2 Å². The molecule has 0 bridgehead atoms. The molecule has 13 heavy (non-hydrogen) atoms. The van der Waals surface area contributed by atoms with Crippen LogP contribution < -0.4 is 29.6 Å². The number of benzene rings is 1. The zero-order chi connectivity index (χ0) is 9.35. The smallest absolute Gasteiger partial charge is 0.744 e. The zero-order valence-corrected chi connectivity index (χ0v) is 10.2. The van der Waals surface area contributed by atoms with Crippen molar-refractivity contribution in [3.05, 3.63) is 29.0 Å². The Morgan fingerprint density at radius 1 is 1.38 bits per heavy atom. The predicted octanol–water partition coefficient (Wildman–Crippen LogP) is -1.61. The molecule has 0 N–H and O–H groups in total. The van der Waals surface area contributed by atoms with Gasteiger partial charge in [0.2, 0.25) is 0 Å². The zero-order valence-electron chi connectivity index (χ0n) is 6.62. The van der Waals surface area contributed by atoms with Gasteiger partial charge in [-0.2, -0.15) is 0 Å². The van der Waals surface area contributed by atoms with Crippen LogP contribution in [0.15, 0.2) is 23.1 Å².